The molecule has 5 rings (SSSR count). The first-order valence-electron chi connectivity index (χ1n) is 11.7. The number of hydrogen-bond acceptors (Lipinski definition) is 5. The van der Waals surface area contributed by atoms with Crippen LogP contribution in [0.15, 0.2) is 11.6 Å². The third-order valence-corrected chi connectivity index (χ3v) is 10.2. The smallest absolute Gasteiger partial charge is 0.404 e. The summed E-state index contributed by atoms with van der Waals surface area (Å²) in [6.45, 7) is 5.07. The summed E-state index contributed by atoms with van der Waals surface area (Å²) in [6.07, 6.45) is 9.70. The predicted octanol–water partition coefficient (Wildman–Crippen LogP) is 3.71. The highest BCUT2D eigenvalue weighted by Crippen LogP contribution is 2.69. The Kier molecular flexibility index (Phi) is 4.56. The van der Waals surface area contributed by atoms with Crippen LogP contribution in [0.5, 0.6) is 0 Å². The summed E-state index contributed by atoms with van der Waals surface area (Å²) >= 11 is 0. The molecular weight excluding hydrogens is 382 g/mol. The van der Waals surface area contributed by atoms with E-state index in [0.29, 0.717) is 24.4 Å². The Labute approximate surface area is 178 Å². The van der Waals surface area contributed by atoms with Gasteiger partial charge in [-0.1, -0.05) is 13.8 Å². The normalized spacial score (nSPS) is 50.0. The monoisotopic (exact) mass is 417 g/mol. The summed E-state index contributed by atoms with van der Waals surface area (Å²) in [5.74, 6) is 1.32. The van der Waals surface area contributed by atoms with Gasteiger partial charge in [0, 0.05) is 11.5 Å². The molecule has 0 bridgehead atoms. The second-order valence-corrected chi connectivity index (χ2v) is 11.1. The fourth-order valence-corrected chi connectivity index (χ4v) is 8.64. The van der Waals surface area contributed by atoms with Crippen molar-refractivity contribution in [2.24, 2.45) is 40.2 Å². The highest BCUT2D eigenvalue weighted by molar-refractivity contribution is 5.85. The molecule has 0 aromatic rings. The van der Waals surface area contributed by atoms with Gasteiger partial charge in [-0.05, 0) is 92.4 Å². The van der Waals surface area contributed by atoms with Gasteiger partial charge in [0.1, 0.15) is 12.7 Å². The minimum absolute atomic E-state index is 0.0585. The van der Waals surface area contributed by atoms with Gasteiger partial charge in [-0.3, -0.25) is 0 Å². The Morgan fingerprint density at radius 3 is 2.63 bits per heavy atom. The summed E-state index contributed by atoms with van der Waals surface area (Å²) in [5.41, 5.74) is 5.66. The molecule has 1 amide bonds. The zero-order chi connectivity index (χ0) is 21.3. The van der Waals surface area contributed by atoms with Crippen molar-refractivity contribution in [3.05, 3.63) is 11.6 Å². The Morgan fingerprint density at radius 2 is 1.93 bits per heavy atom. The first-order chi connectivity index (χ1) is 14.2. The van der Waals surface area contributed by atoms with Crippen molar-refractivity contribution >= 4 is 12.1 Å². The highest BCUT2D eigenvalue weighted by atomic mass is 16.6. The number of carbonyl (C=O) groups is 2. The Morgan fingerprint density at radius 1 is 1.13 bits per heavy atom. The first-order valence-corrected chi connectivity index (χ1v) is 11.7. The number of amides is 1. The highest BCUT2D eigenvalue weighted by Gasteiger charge is 2.67. The second-order valence-electron chi connectivity index (χ2n) is 11.1. The van der Waals surface area contributed by atoms with E-state index < -0.39 is 11.7 Å². The molecule has 4 saturated carbocycles. The maximum absolute atomic E-state index is 12.2. The van der Waals surface area contributed by atoms with Gasteiger partial charge in [0.15, 0.2) is 0 Å². The molecule has 4 aliphatic carbocycles. The molecule has 1 aliphatic heterocycles. The summed E-state index contributed by atoms with van der Waals surface area (Å²) < 4.78 is 10.6. The largest absolute Gasteiger partial charge is 0.458 e. The Balaban J connectivity index is 1.40. The zero-order valence-corrected chi connectivity index (χ0v) is 18.2. The van der Waals surface area contributed by atoms with E-state index in [2.05, 4.69) is 13.8 Å². The molecule has 1 heterocycles. The van der Waals surface area contributed by atoms with Gasteiger partial charge in [-0.2, -0.15) is 0 Å². The number of primary amides is 1. The summed E-state index contributed by atoms with van der Waals surface area (Å²) in [7, 11) is 0. The second kappa shape index (κ2) is 6.72. The van der Waals surface area contributed by atoms with Crippen LogP contribution in [0, 0.1) is 34.5 Å². The molecule has 0 aromatic heterocycles. The molecular formula is C24H35NO5. The molecule has 0 radical (unpaired) electrons. The van der Waals surface area contributed by atoms with Crippen molar-refractivity contribution in [2.75, 3.05) is 6.61 Å². The fourth-order valence-electron chi connectivity index (χ4n) is 8.64. The van der Waals surface area contributed by atoms with E-state index in [0.717, 1.165) is 63.4 Å². The lowest BCUT2D eigenvalue weighted by atomic mass is 9.43. The van der Waals surface area contributed by atoms with Crippen LogP contribution in [0.1, 0.15) is 71.6 Å². The van der Waals surface area contributed by atoms with Gasteiger partial charge in [-0.15, -0.1) is 0 Å². The molecule has 4 fully saturated rings. The van der Waals surface area contributed by atoms with E-state index in [1.165, 1.54) is 0 Å². The van der Waals surface area contributed by atoms with Crippen LogP contribution in [0.2, 0.25) is 0 Å². The SMILES string of the molecule is C[C@]12CC[C@H](OC(N)=O)C[C@H]1CC[C@@H]1[C@@H]2CC[C@]2(C)[C@@H](C3=CC(=O)OC3)CC[C@]12O. The minimum Gasteiger partial charge on any atom is -0.458 e. The van der Waals surface area contributed by atoms with Crippen molar-refractivity contribution in [1.82, 2.24) is 0 Å². The van der Waals surface area contributed by atoms with Crippen molar-refractivity contribution in [2.45, 2.75) is 83.3 Å². The quantitative estimate of drug-likeness (QED) is 0.668. The average Bonchev–Trinajstić information content (AvgIpc) is 3.22. The summed E-state index contributed by atoms with van der Waals surface area (Å²) in [4.78, 5) is 22.9. The number of rotatable bonds is 2. The number of cyclic esters (lactones) is 1. The molecule has 30 heavy (non-hydrogen) atoms. The van der Waals surface area contributed by atoms with Gasteiger partial charge in [-0.25, -0.2) is 9.59 Å². The Hall–Kier alpha value is -1.56. The van der Waals surface area contributed by atoms with E-state index in [1.54, 1.807) is 6.08 Å². The molecule has 166 valence electrons. The van der Waals surface area contributed by atoms with E-state index in [-0.39, 0.29) is 28.8 Å². The number of ether oxygens (including phenoxy) is 2. The average molecular weight is 418 g/mol. The van der Waals surface area contributed by atoms with Gasteiger partial charge >= 0.3 is 12.1 Å². The fraction of sp³-hybridized carbons (Fsp3) is 0.833. The standard InChI is InChI=1S/C24H35NO5/c1-22-8-5-16(30-21(25)27)12-15(22)3-4-19-18(22)6-9-23(2)17(7-10-24(19,23)28)14-11-20(26)29-13-14/h11,15-19,28H,3-10,12-13H2,1-2H3,(H2,25,27)/t15-,16+,17-,18+,19-,22+,23-,24+/m1/s1. The van der Waals surface area contributed by atoms with Crippen molar-refractivity contribution in [3.63, 3.8) is 0 Å². The molecule has 3 N–H and O–H groups in total. The first kappa shape index (κ1) is 20.3. The van der Waals surface area contributed by atoms with Crippen LogP contribution < -0.4 is 5.73 Å². The van der Waals surface area contributed by atoms with Crippen molar-refractivity contribution in [1.29, 1.82) is 0 Å². The molecule has 6 heteroatoms. The van der Waals surface area contributed by atoms with Crippen LogP contribution in [-0.2, 0) is 14.3 Å². The topological polar surface area (TPSA) is 98.9 Å². The van der Waals surface area contributed by atoms with E-state index in [4.69, 9.17) is 15.2 Å². The van der Waals surface area contributed by atoms with Gasteiger partial charge in [0.25, 0.3) is 0 Å². The summed E-state index contributed by atoms with van der Waals surface area (Å²) in [6, 6.07) is 0. The maximum Gasteiger partial charge on any atom is 0.404 e. The van der Waals surface area contributed by atoms with E-state index in [1.807, 2.05) is 0 Å². The third-order valence-electron chi connectivity index (χ3n) is 10.2. The molecule has 8 atom stereocenters. The molecule has 0 aromatic carbocycles. The Bertz CT molecular complexity index is 794. The predicted molar refractivity (Wildman–Crippen MR) is 110 cm³/mol. The van der Waals surface area contributed by atoms with Crippen molar-refractivity contribution in [3.8, 4) is 0 Å². The van der Waals surface area contributed by atoms with Gasteiger partial charge in [0.05, 0.1) is 5.60 Å². The molecule has 5 aliphatic rings. The number of aliphatic hydroxyl groups is 1. The van der Waals surface area contributed by atoms with E-state index >= 15 is 0 Å². The van der Waals surface area contributed by atoms with Gasteiger partial charge in [0.2, 0.25) is 0 Å². The van der Waals surface area contributed by atoms with Crippen LogP contribution in [-0.4, -0.2) is 35.5 Å². The lowest BCUT2D eigenvalue weighted by Crippen LogP contribution is -2.62. The number of hydrogen-bond donors (Lipinski definition) is 2. The number of nitrogens with two attached hydrogens (primary N) is 1. The molecule has 0 unspecified atom stereocenters. The number of carbonyl (C=O) groups excluding carboxylic acids is 2. The van der Waals surface area contributed by atoms with Crippen molar-refractivity contribution < 1.29 is 24.2 Å². The third kappa shape index (κ3) is 2.71. The minimum atomic E-state index is -0.679. The van der Waals surface area contributed by atoms with Crippen LogP contribution in [0.4, 0.5) is 4.79 Å². The lowest BCUT2D eigenvalue weighted by molar-refractivity contribution is -0.208. The number of esters is 1. The van der Waals surface area contributed by atoms with Crippen LogP contribution in [0.3, 0.4) is 0 Å². The maximum atomic E-state index is 12.2. The molecule has 0 spiro atoms. The molecule has 0 saturated heterocycles. The lowest BCUT2D eigenvalue weighted by Gasteiger charge is -2.63. The van der Waals surface area contributed by atoms with Crippen LogP contribution in [0.25, 0.3) is 0 Å². The van der Waals surface area contributed by atoms with E-state index in [9.17, 15) is 14.7 Å². The molecule has 6 nitrogen and oxygen atoms in total. The summed E-state index contributed by atoms with van der Waals surface area (Å²) in [5, 5.41) is 12.2. The zero-order valence-electron chi connectivity index (χ0n) is 18.2. The van der Waals surface area contributed by atoms with Gasteiger partial charge < -0.3 is 20.3 Å². The van der Waals surface area contributed by atoms with Crippen LogP contribution >= 0.6 is 0 Å². The number of fused-ring (bicyclic) bond motifs is 5.